The van der Waals surface area contributed by atoms with E-state index in [-0.39, 0.29) is 39.6 Å². The van der Waals surface area contributed by atoms with E-state index in [4.69, 9.17) is 0 Å². The number of benzene rings is 6. The quantitative estimate of drug-likeness (QED) is 0.0588. The molecule has 0 N–H and O–H groups in total. The molecule has 6 aromatic carbocycles. The number of aromatic nitrogens is 2. The van der Waals surface area contributed by atoms with E-state index >= 15 is 0 Å². The Hall–Kier alpha value is -7.47. The SMILES string of the molecule is O=C(/C(Cc1ccccc1)=C(\[O-])c1ccccc1)c1ccccc1.O=C(/C(Cc1ccccc1)=C(\[O-])c1ccccc1)c1ccccc1.[Ni+2].c1ccncc1.c1ccncc1. The molecule has 0 bridgehead atoms. The summed E-state index contributed by atoms with van der Waals surface area (Å²) in [6.45, 7) is 0. The van der Waals surface area contributed by atoms with Crippen LogP contribution in [0.25, 0.3) is 11.5 Å². The van der Waals surface area contributed by atoms with Crippen LogP contribution < -0.4 is 10.2 Å². The van der Waals surface area contributed by atoms with E-state index < -0.39 is 0 Å². The molecule has 0 aliphatic rings. The maximum atomic E-state index is 12.9. The van der Waals surface area contributed by atoms with Gasteiger partial charge in [0.2, 0.25) is 0 Å². The van der Waals surface area contributed by atoms with E-state index in [1.54, 1.807) is 122 Å². The van der Waals surface area contributed by atoms with Crippen LogP contribution in [0.3, 0.4) is 0 Å². The molecule has 8 rings (SSSR count). The van der Waals surface area contributed by atoms with Gasteiger partial charge in [-0.05, 0) is 57.7 Å². The number of nitrogens with zero attached hydrogens (tertiary/aromatic N) is 2. The summed E-state index contributed by atoms with van der Waals surface area (Å²) in [6, 6.07) is 66.4. The smallest absolute Gasteiger partial charge is 0.872 e. The monoisotopic (exact) mass is 842 g/mol. The van der Waals surface area contributed by atoms with Gasteiger partial charge in [0, 0.05) is 48.8 Å². The molecule has 0 spiro atoms. The van der Waals surface area contributed by atoms with Gasteiger partial charge in [-0.2, -0.15) is 0 Å². The summed E-state index contributed by atoms with van der Waals surface area (Å²) in [6.07, 6.45) is 7.64. The van der Waals surface area contributed by atoms with E-state index in [2.05, 4.69) is 9.97 Å². The summed E-state index contributed by atoms with van der Waals surface area (Å²) >= 11 is 0. The molecule has 0 unspecified atom stereocenters. The Balaban J connectivity index is 0.000000208. The zero-order valence-electron chi connectivity index (χ0n) is 33.4. The molecule has 0 fully saturated rings. The van der Waals surface area contributed by atoms with Gasteiger partial charge in [0.25, 0.3) is 0 Å². The molecule has 0 saturated heterocycles. The van der Waals surface area contributed by atoms with Crippen LogP contribution in [0.1, 0.15) is 43.0 Å². The number of rotatable bonds is 10. The molecular weight excluding hydrogens is 799 g/mol. The minimum Gasteiger partial charge on any atom is -0.872 e. The average molecular weight is 844 g/mol. The van der Waals surface area contributed by atoms with Gasteiger partial charge >= 0.3 is 16.5 Å². The van der Waals surface area contributed by atoms with Gasteiger partial charge in [0.1, 0.15) is 0 Å². The van der Waals surface area contributed by atoms with Crippen LogP contribution in [0, 0.1) is 0 Å². The Kier molecular flexibility index (Phi) is 20.1. The first-order valence-electron chi connectivity index (χ1n) is 19.4. The largest absolute Gasteiger partial charge is 2.00 e. The number of Topliss-reactive ketones (excluding diaryl/α,β-unsaturated/α-hetero) is 2. The third-order valence-corrected chi connectivity index (χ3v) is 8.82. The van der Waals surface area contributed by atoms with Gasteiger partial charge in [0.15, 0.2) is 11.6 Å². The number of ketones is 2. The van der Waals surface area contributed by atoms with Crippen molar-refractivity contribution in [2.45, 2.75) is 12.8 Å². The minimum atomic E-state index is -0.215. The number of hydrogen-bond acceptors (Lipinski definition) is 6. The molecule has 2 aromatic heterocycles. The van der Waals surface area contributed by atoms with Crippen molar-refractivity contribution in [3.05, 3.63) is 288 Å². The Bertz CT molecular complexity index is 2260. The van der Waals surface area contributed by atoms with Crippen molar-refractivity contribution < 1.29 is 36.3 Å². The zero-order valence-corrected chi connectivity index (χ0v) is 34.3. The molecule has 0 radical (unpaired) electrons. The molecule has 7 heteroatoms. The molecule has 0 aliphatic heterocycles. The van der Waals surface area contributed by atoms with Crippen LogP contribution in [0.15, 0.2) is 254 Å². The van der Waals surface area contributed by atoms with Crippen LogP contribution in [0.4, 0.5) is 0 Å². The summed E-state index contributed by atoms with van der Waals surface area (Å²) in [5.41, 5.74) is 4.61. The summed E-state index contributed by atoms with van der Waals surface area (Å²) in [5, 5.41) is 25.8. The number of hydrogen-bond donors (Lipinski definition) is 0. The van der Waals surface area contributed by atoms with Crippen molar-refractivity contribution >= 4 is 23.1 Å². The van der Waals surface area contributed by atoms with E-state index in [9.17, 15) is 19.8 Å². The Morgan fingerprint density at radius 3 is 0.787 bits per heavy atom. The fourth-order valence-corrected chi connectivity index (χ4v) is 5.81. The average Bonchev–Trinajstić information content (AvgIpc) is 3.35. The first-order valence-corrected chi connectivity index (χ1v) is 19.4. The Morgan fingerprint density at radius 1 is 0.328 bits per heavy atom. The number of allylic oxidation sites excluding steroid dienone is 2. The number of carbonyl (C=O) groups excluding carboxylic acids is 2. The molecule has 61 heavy (non-hydrogen) atoms. The van der Waals surface area contributed by atoms with Crippen molar-refractivity contribution in [3.63, 3.8) is 0 Å². The van der Waals surface area contributed by atoms with Crippen molar-refractivity contribution in [2.24, 2.45) is 0 Å². The predicted octanol–water partition coefficient (Wildman–Crippen LogP) is 9.93. The van der Waals surface area contributed by atoms with Crippen molar-refractivity contribution in [2.75, 3.05) is 0 Å². The van der Waals surface area contributed by atoms with Crippen LogP contribution in [-0.4, -0.2) is 21.5 Å². The Morgan fingerprint density at radius 2 is 0.557 bits per heavy atom. The molecule has 0 atom stereocenters. The minimum absolute atomic E-state index is 0. The molecule has 0 amide bonds. The van der Waals surface area contributed by atoms with Crippen LogP contribution >= 0.6 is 0 Å². The number of pyridine rings is 2. The molecule has 8 aromatic rings. The van der Waals surface area contributed by atoms with Crippen LogP contribution in [0.5, 0.6) is 0 Å². The fraction of sp³-hybridized carbons (Fsp3) is 0.0370. The summed E-state index contributed by atoms with van der Waals surface area (Å²) in [4.78, 5) is 33.4. The molecule has 0 aliphatic carbocycles. The first-order chi connectivity index (χ1) is 29.5. The molecule has 304 valence electrons. The van der Waals surface area contributed by atoms with E-state index in [0.717, 1.165) is 11.1 Å². The van der Waals surface area contributed by atoms with Crippen molar-refractivity contribution in [1.82, 2.24) is 9.97 Å². The van der Waals surface area contributed by atoms with Gasteiger partial charge < -0.3 is 10.2 Å². The number of carbonyl (C=O) groups is 2. The third-order valence-electron chi connectivity index (χ3n) is 8.82. The van der Waals surface area contributed by atoms with Crippen molar-refractivity contribution in [3.8, 4) is 0 Å². The van der Waals surface area contributed by atoms with Crippen LogP contribution in [0.2, 0.25) is 0 Å². The van der Waals surface area contributed by atoms with Gasteiger partial charge in [-0.3, -0.25) is 19.6 Å². The van der Waals surface area contributed by atoms with Crippen molar-refractivity contribution in [1.29, 1.82) is 0 Å². The topological polar surface area (TPSA) is 106 Å². The molecule has 0 saturated carbocycles. The summed E-state index contributed by atoms with van der Waals surface area (Å²) in [5.74, 6) is -0.858. The second-order valence-electron chi connectivity index (χ2n) is 13.1. The second-order valence-corrected chi connectivity index (χ2v) is 13.1. The van der Waals surface area contributed by atoms with E-state index in [1.165, 1.54) is 0 Å². The van der Waals surface area contributed by atoms with E-state index in [1.807, 2.05) is 121 Å². The van der Waals surface area contributed by atoms with Gasteiger partial charge in [-0.25, -0.2) is 0 Å². The maximum Gasteiger partial charge on any atom is 2.00 e. The normalized spacial score (nSPS) is 10.8. The first kappa shape index (κ1) is 46.2. The summed E-state index contributed by atoms with van der Waals surface area (Å²) < 4.78 is 0. The molecule has 2 heterocycles. The van der Waals surface area contributed by atoms with E-state index in [0.29, 0.717) is 46.2 Å². The second kappa shape index (κ2) is 26.5. The summed E-state index contributed by atoms with van der Waals surface area (Å²) in [7, 11) is 0. The Labute approximate surface area is 368 Å². The molecular formula is C54H44N2NiO4. The van der Waals surface area contributed by atoms with Crippen LogP contribution in [-0.2, 0) is 29.3 Å². The fourth-order valence-electron chi connectivity index (χ4n) is 5.81. The molecule has 6 nitrogen and oxygen atoms in total. The van der Waals surface area contributed by atoms with Gasteiger partial charge in [0.05, 0.1) is 0 Å². The zero-order chi connectivity index (χ0) is 42.0. The maximum absolute atomic E-state index is 12.9. The predicted molar refractivity (Wildman–Crippen MR) is 237 cm³/mol. The van der Waals surface area contributed by atoms with Gasteiger partial charge in [-0.15, -0.1) is 0 Å². The standard InChI is InChI=1S/2C22H18O2.2C5H5N.Ni/c2*23-21(18-12-6-2-7-13-18)20(16-17-10-4-1-5-11-17)22(24)19-14-8-3-9-15-19;2*1-2-4-6-5-3-1;/h2*1-15,23H,16H2;2*1-5H;/q;;;;+2/p-2/b2*21-20-;;;. The third kappa shape index (κ3) is 15.7. The van der Waals surface area contributed by atoms with Gasteiger partial charge in [-0.1, -0.05) is 206 Å².